The summed E-state index contributed by atoms with van der Waals surface area (Å²) in [6.07, 6.45) is 10.5. The minimum Gasteiger partial charge on any atom is -0.748 e. The van der Waals surface area contributed by atoms with Crippen LogP contribution in [0.4, 0.5) is 0 Å². The molecule has 0 aliphatic heterocycles. The average Bonchev–Trinajstić information content (AvgIpc) is 2.55. The first-order valence-electron chi connectivity index (χ1n) is 9.64. The van der Waals surface area contributed by atoms with Crippen molar-refractivity contribution in [3.05, 3.63) is 29.3 Å². The van der Waals surface area contributed by atoms with Gasteiger partial charge in [0.05, 0.1) is 16.7 Å². The second-order valence-electron chi connectivity index (χ2n) is 6.66. The van der Waals surface area contributed by atoms with Gasteiger partial charge in [-0.05, 0) is 61.8 Å². The number of hydrogen-bond acceptors (Lipinski definition) is 4. The molecule has 0 spiro atoms. The zero-order valence-corrected chi connectivity index (χ0v) is 19.6. The standard InChI is InChI=1S/C20H34O4S.Na/c1-3-5-7-11-18-13-14-20(17-19(18)12-8-6-4-2)24-15-9-10-16-25(21,22)23;/h13-14,17H,3-12,15-16H2,1-2H3,(H,21,22,23);/q;+1/p-1. The molecule has 0 unspecified atom stereocenters. The zero-order chi connectivity index (χ0) is 18.5. The predicted octanol–water partition coefficient (Wildman–Crippen LogP) is 1.86. The molecule has 0 fully saturated rings. The largest absolute Gasteiger partial charge is 1.00 e. The summed E-state index contributed by atoms with van der Waals surface area (Å²) in [6, 6.07) is 6.32. The molecule has 144 valence electrons. The van der Waals surface area contributed by atoms with Crippen LogP contribution in [0.25, 0.3) is 0 Å². The first-order valence-corrected chi connectivity index (χ1v) is 11.2. The van der Waals surface area contributed by atoms with Gasteiger partial charge in [0, 0.05) is 5.75 Å². The number of aryl methyl sites for hydroxylation is 2. The molecule has 0 amide bonds. The van der Waals surface area contributed by atoms with Crippen molar-refractivity contribution < 1.29 is 47.3 Å². The molecule has 4 nitrogen and oxygen atoms in total. The molecule has 1 aromatic rings. The van der Waals surface area contributed by atoms with E-state index in [0.717, 1.165) is 18.6 Å². The van der Waals surface area contributed by atoms with Gasteiger partial charge in [-0.3, -0.25) is 0 Å². The second-order valence-corrected chi connectivity index (χ2v) is 8.19. The first-order chi connectivity index (χ1) is 12.0. The molecule has 0 bridgehead atoms. The molecule has 26 heavy (non-hydrogen) atoms. The third-order valence-corrected chi connectivity index (χ3v) is 5.12. The van der Waals surface area contributed by atoms with E-state index < -0.39 is 10.1 Å². The topological polar surface area (TPSA) is 66.4 Å². The number of ether oxygens (including phenoxy) is 1. The molecule has 0 radical (unpaired) electrons. The van der Waals surface area contributed by atoms with Crippen molar-refractivity contribution in [2.24, 2.45) is 0 Å². The van der Waals surface area contributed by atoms with Gasteiger partial charge < -0.3 is 9.29 Å². The molecule has 0 aliphatic carbocycles. The second kappa shape index (κ2) is 14.9. The molecule has 1 rings (SSSR count). The van der Waals surface area contributed by atoms with Crippen LogP contribution in [0.5, 0.6) is 5.75 Å². The Bertz CT molecular complexity index is 587. The van der Waals surface area contributed by atoms with Crippen LogP contribution >= 0.6 is 0 Å². The van der Waals surface area contributed by atoms with Crippen LogP contribution in [0.15, 0.2) is 18.2 Å². The summed E-state index contributed by atoms with van der Waals surface area (Å²) in [5.41, 5.74) is 2.80. The maximum Gasteiger partial charge on any atom is 1.00 e. The minimum atomic E-state index is -4.11. The molecule has 1 aromatic carbocycles. The Morgan fingerprint density at radius 3 is 2.08 bits per heavy atom. The fraction of sp³-hybridized carbons (Fsp3) is 0.700. The number of hydrogen-bond donors (Lipinski definition) is 0. The molecule has 0 saturated heterocycles. The molecule has 0 saturated carbocycles. The summed E-state index contributed by atoms with van der Waals surface area (Å²) in [6.45, 7) is 4.88. The van der Waals surface area contributed by atoms with E-state index in [1.165, 1.54) is 49.7 Å². The summed E-state index contributed by atoms with van der Waals surface area (Å²) in [5, 5.41) is 0. The molecule has 0 aliphatic rings. The maximum atomic E-state index is 10.6. The van der Waals surface area contributed by atoms with Crippen LogP contribution in [-0.2, 0) is 23.0 Å². The van der Waals surface area contributed by atoms with Crippen LogP contribution in [0.2, 0.25) is 0 Å². The summed E-state index contributed by atoms with van der Waals surface area (Å²) in [4.78, 5) is 0. The Morgan fingerprint density at radius 1 is 0.885 bits per heavy atom. The third-order valence-electron chi connectivity index (χ3n) is 4.33. The van der Waals surface area contributed by atoms with Crippen LogP contribution in [0.1, 0.15) is 76.3 Å². The Morgan fingerprint density at radius 2 is 1.50 bits per heavy atom. The Balaban J connectivity index is 0.00000625. The van der Waals surface area contributed by atoms with E-state index in [0.29, 0.717) is 19.4 Å². The Kier molecular flexibility index (Phi) is 14.9. The van der Waals surface area contributed by atoms with E-state index in [9.17, 15) is 13.0 Å². The maximum absolute atomic E-state index is 10.6. The van der Waals surface area contributed by atoms with E-state index >= 15 is 0 Å². The smallest absolute Gasteiger partial charge is 0.748 e. The van der Waals surface area contributed by atoms with Gasteiger partial charge >= 0.3 is 29.6 Å². The normalized spacial score (nSPS) is 11.2. The van der Waals surface area contributed by atoms with Crippen LogP contribution in [-0.4, -0.2) is 25.3 Å². The monoisotopic (exact) mass is 392 g/mol. The van der Waals surface area contributed by atoms with E-state index in [2.05, 4.69) is 26.0 Å². The van der Waals surface area contributed by atoms with Crippen LogP contribution in [0.3, 0.4) is 0 Å². The van der Waals surface area contributed by atoms with Gasteiger partial charge in [-0.1, -0.05) is 45.6 Å². The van der Waals surface area contributed by atoms with Crippen molar-refractivity contribution in [3.63, 3.8) is 0 Å². The fourth-order valence-electron chi connectivity index (χ4n) is 2.87. The average molecular weight is 393 g/mol. The van der Waals surface area contributed by atoms with Gasteiger partial charge in [-0.25, -0.2) is 8.42 Å². The van der Waals surface area contributed by atoms with E-state index in [4.69, 9.17) is 4.74 Å². The Labute approximate surface area is 182 Å². The molecule has 6 heteroatoms. The van der Waals surface area contributed by atoms with Crippen molar-refractivity contribution in [3.8, 4) is 5.75 Å². The SMILES string of the molecule is CCCCCc1ccc(OCCCCS(=O)(=O)[O-])cc1CCCCC.[Na+]. The van der Waals surface area contributed by atoms with Crippen molar-refractivity contribution in [2.75, 3.05) is 12.4 Å². The first kappa shape index (κ1) is 25.9. The van der Waals surface area contributed by atoms with E-state index in [1.807, 2.05) is 6.07 Å². The summed E-state index contributed by atoms with van der Waals surface area (Å²) < 4.78 is 37.5. The van der Waals surface area contributed by atoms with Crippen LogP contribution in [0, 0.1) is 0 Å². The number of unbranched alkanes of at least 4 members (excludes halogenated alkanes) is 5. The van der Waals surface area contributed by atoms with Crippen molar-refractivity contribution in [1.29, 1.82) is 0 Å². The van der Waals surface area contributed by atoms with E-state index in [-0.39, 0.29) is 35.3 Å². The van der Waals surface area contributed by atoms with Gasteiger partial charge in [0.25, 0.3) is 0 Å². The van der Waals surface area contributed by atoms with Gasteiger partial charge in [0.2, 0.25) is 0 Å². The minimum absolute atomic E-state index is 0. The molecule has 0 atom stereocenters. The van der Waals surface area contributed by atoms with Gasteiger partial charge in [-0.15, -0.1) is 0 Å². The molecule has 0 N–H and O–H groups in total. The Hall–Kier alpha value is -0.0700. The van der Waals surface area contributed by atoms with Gasteiger partial charge in [-0.2, -0.15) is 0 Å². The number of rotatable bonds is 14. The van der Waals surface area contributed by atoms with Crippen molar-refractivity contribution >= 4 is 10.1 Å². The van der Waals surface area contributed by atoms with Crippen molar-refractivity contribution in [1.82, 2.24) is 0 Å². The van der Waals surface area contributed by atoms with Gasteiger partial charge in [0.1, 0.15) is 5.75 Å². The molecular weight excluding hydrogens is 359 g/mol. The van der Waals surface area contributed by atoms with Crippen LogP contribution < -0.4 is 34.3 Å². The quantitative estimate of drug-likeness (QED) is 0.275. The molecule has 0 aromatic heterocycles. The predicted molar refractivity (Wildman–Crippen MR) is 102 cm³/mol. The zero-order valence-electron chi connectivity index (χ0n) is 16.8. The van der Waals surface area contributed by atoms with Crippen molar-refractivity contribution in [2.45, 2.75) is 78.1 Å². The van der Waals surface area contributed by atoms with Gasteiger partial charge in [0.15, 0.2) is 0 Å². The fourth-order valence-corrected chi connectivity index (χ4v) is 3.43. The summed E-state index contributed by atoms with van der Waals surface area (Å²) >= 11 is 0. The van der Waals surface area contributed by atoms with E-state index in [1.54, 1.807) is 0 Å². The molecule has 0 heterocycles. The third kappa shape index (κ3) is 12.3. The number of benzene rings is 1. The summed E-state index contributed by atoms with van der Waals surface area (Å²) in [5.74, 6) is 0.533. The molecular formula is C20H33NaO4S. The summed E-state index contributed by atoms with van der Waals surface area (Å²) in [7, 11) is -4.11.